The highest BCUT2D eigenvalue weighted by Crippen LogP contribution is 2.28. The van der Waals surface area contributed by atoms with Gasteiger partial charge in [-0.1, -0.05) is 61.5 Å². The topological polar surface area (TPSA) is 64.9 Å². The highest BCUT2D eigenvalue weighted by molar-refractivity contribution is 5.94. The molecule has 1 aromatic heterocycles. The predicted molar refractivity (Wildman–Crippen MR) is 83.9 cm³/mol. The van der Waals surface area contributed by atoms with Crippen molar-refractivity contribution < 1.29 is 4.52 Å². The maximum atomic E-state index is 6.06. The molecular formula is C17H19N3O. The first-order valence-corrected chi connectivity index (χ1v) is 7.28. The lowest BCUT2D eigenvalue weighted by molar-refractivity contribution is 0.340. The Balaban J connectivity index is 2.02. The molecule has 0 aliphatic carbocycles. The fraction of sp³-hybridized carbons (Fsp3) is 0.294. The van der Waals surface area contributed by atoms with E-state index in [1.165, 1.54) is 5.39 Å². The Morgan fingerprint density at radius 3 is 2.71 bits per heavy atom. The normalized spacial score (nSPS) is 14.2. The van der Waals surface area contributed by atoms with E-state index in [4.69, 9.17) is 10.3 Å². The van der Waals surface area contributed by atoms with Gasteiger partial charge in [0.15, 0.2) is 0 Å². The third kappa shape index (κ3) is 2.54. The van der Waals surface area contributed by atoms with Crippen LogP contribution in [0.3, 0.4) is 0 Å². The van der Waals surface area contributed by atoms with Crippen molar-refractivity contribution in [2.75, 3.05) is 0 Å². The van der Waals surface area contributed by atoms with E-state index in [1.807, 2.05) is 31.2 Å². The number of fused-ring (bicyclic) bond motifs is 1. The minimum absolute atomic E-state index is 0.0332. The average Bonchev–Trinajstić information content (AvgIpc) is 3.02. The van der Waals surface area contributed by atoms with Gasteiger partial charge in [-0.05, 0) is 17.2 Å². The minimum atomic E-state index is 0.0332. The molecule has 1 heterocycles. The van der Waals surface area contributed by atoms with E-state index < -0.39 is 0 Å². The average molecular weight is 281 g/mol. The largest absolute Gasteiger partial charge is 0.339 e. The zero-order chi connectivity index (χ0) is 14.8. The van der Waals surface area contributed by atoms with Gasteiger partial charge < -0.3 is 10.3 Å². The lowest BCUT2D eigenvalue weighted by Gasteiger charge is -2.13. The molecule has 2 aromatic carbocycles. The van der Waals surface area contributed by atoms with E-state index >= 15 is 0 Å². The summed E-state index contributed by atoms with van der Waals surface area (Å²) in [6.07, 6.45) is 0.882. The van der Waals surface area contributed by atoms with Gasteiger partial charge in [-0.2, -0.15) is 4.98 Å². The second-order valence-corrected chi connectivity index (χ2v) is 5.34. The van der Waals surface area contributed by atoms with Crippen LogP contribution in [0.1, 0.15) is 32.1 Å². The van der Waals surface area contributed by atoms with Crippen LogP contribution in [0.5, 0.6) is 0 Å². The summed E-state index contributed by atoms with van der Waals surface area (Å²) in [6.45, 7) is 4.08. The van der Waals surface area contributed by atoms with Crippen LogP contribution in [0, 0.1) is 0 Å². The van der Waals surface area contributed by atoms with Crippen molar-refractivity contribution in [2.24, 2.45) is 5.73 Å². The molecule has 0 saturated carbocycles. The number of rotatable bonds is 4. The van der Waals surface area contributed by atoms with Gasteiger partial charge in [0, 0.05) is 11.6 Å². The van der Waals surface area contributed by atoms with Gasteiger partial charge in [0.1, 0.15) is 0 Å². The van der Waals surface area contributed by atoms with Crippen LogP contribution in [0.2, 0.25) is 0 Å². The second-order valence-electron chi connectivity index (χ2n) is 5.34. The third-order valence-corrected chi connectivity index (χ3v) is 3.98. The first-order chi connectivity index (χ1) is 10.2. The van der Waals surface area contributed by atoms with Crippen molar-refractivity contribution in [2.45, 2.75) is 32.2 Å². The molecule has 0 spiro atoms. The van der Waals surface area contributed by atoms with Crippen molar-refractivity contribution in [1.29, 1.82) is 0 Å². The molecular weight excluding hydrogens is 262 g/mol. The van der Waals surface area contributed by atoms with Crippen LogP contribution < -0.4 is 5.73 Å². The SMILES string of the molecule is CCC(N)C(C)c1nc(-c2cccc3ccccc23)no1. The van der Waals surface area contributed by atoms with Gasteiger partial charge >= 0.3 is 0 Å². The fourth-order valence-corrected chi connectivity index (χ4v) is 2.49. The van der Waals surface area contributed by atoms with Crippen molar-refractivity contribution in [3.8, 4) is 11.4 Å². The molecule has 0 aliphatic heterocycles. The van der Waals surface area contributed by atoms with Crippen molar-refractivity contribution in [3.63, 3.8) is 0 Å². The smallest absolute Gasteiger partial charge is 0.231 e. The molecule has 3 aromatic rings. The standard InChI is InChI=1S/C17H19N3O/c1-3-15(18)11(2)17-19-16(20-21-17)14-10-6-8-12-7-4-5-9-13(12)14/h4-11,15H,3,18H2,1-2H3. The number of nitrogens with zero attached hydrogens (tertiary/aromatic N) is 2. The Hall–Kier alpha value is -2.20. The van der Waals surface area contributed by atoms with Crippen molar-refractivity contribution in [3.05, 3.63) is 48.4 Å². The number of hydrogen-bond donors (Lipinski definition) is 1. The van der Waals surface area contributed by atoms with Gasteiger partial charge in [0.2, 0.25) is 11.7 Å². The first kappa shape index (κ1) is 13.8. The number of benzene rings is 2. The Labute approximate surface area is 124 Å². The first-order valence-electron chi connectivity index (χ1n) is 7.28. The summed E-state index contributed by atoms with van der Waals surface area (Å²) in [6, 6.07) is 14.3. The van der Waals surface area contributed by atoms with Gasteiger partial charge in [0.05, 0.1) is 5.92 Å². The monoisotopic (exact) mass is 281 g/mol. The third-order valence-electron chi connectivity index (χ3n) is 3.98. The number of hydrogen-bond acceptors (Lipinski definition) is 4. The zero-order valence-electron chi connectivity index (χ0n) is 12.3. The second kappa shape index (κ2) is 5.66. The summed E-state index contributed by atoms with van der Waals surface area (Å²) in [4.78, 5) is 4.54. The minimum Gasteiger partial charge on any atom is -0.339 e. The molecule has 2 atom stereocenters. The zero-order valence-corrected chi connectivity index (χ0v) is 12.3. The van der Waals surface area contributed by atoms with E-state index in [0.717, 1.165) is 17.4 Å². The number of aromatic nitrogens is 2. The molecule has 0 amide bonds. The summed E-state index contributed by atoms with van der Waals surface area (Å²) < 4.78 is 5.41. The van der Waals surface area contributed by atoms with E-state index in [9.17, 15) is 0 Å². The van der Waals surface area contributed by atoms with Gasteiger partial charge in [-0.15, -0.1) is 0 Å². The van der Waals surface area contributed by atoms with Crippen LogP contribution in [-0.2, 0) is 0 Å². The summed E-state index contributed by atoms with van der Waals surface area (Å²) in [5, 5.41) is 6.42. The molecule has 108 valence electrons. The summed E-state index contributed by atoms with van der Waals surface area (Å²) in [5.41, 5.74) is 7.05. The maximum absolute atomic E-state index is 6.06. The Bertz CT molecular complexity index is 745. The molecule has 0 radical (unpaired) electrons. The summed E-state index contributed by atoms with van der Waals surface area (Å²) in [5.74, 6) is 1.29. The van der Waals surface area contributed by atoms with Crippen molar-refractivity contribution >= 4 is 10.8 Å². The van der Waals surface area contributed by atoms with Crippen LogP contribution in [0.15, 0.2) is 47.0 Å². The van der Waals surface area contributed by atoms with Gasteiger partial charge in [0.25, 0.3) is 0 Å². The Morgan fingerprint density at radius 2 is 1.90 bits per heavy atom. The van der Waals surface area contributed by atoms with Crippen molar-refractivity contribution in [1.82, 2.24) is 10.1 Å². The molecule has 0 bridgehead atoms. The maximum Gasteiger partial charge on any atom is 0.231 e. The molecule has 0 saturated heterocycles. The van der Waals surface area contributed by atoms with E-state index in [-0.39, 0.29) is 12.0 Å². The fourth-order valence-electron chi connectivity index (χ4n) is 2.49. The predicted octanol–water partition coefficient (Wildman–Crippen LogP) is 3.73. The molecule has 2 N–H and O–H groups in total. The summed E-state index contributed by atoms with van der Waals surface area (Å²) >= 11 is 0. The highest BCUT2D eigenvalue weighted by Gasteiger charge is 2.20. The molecule has 4 nitrogen and oxygen atoms in total. The molecule has 21 heavy (non-hydrogen) atoms. The number of nitrogens with two attached hydrogens (primary N) is 1. The molecule has 4 heteroatoms. The molecule has 2 unspecified atom stereocenters. The van der Waals surface area contributed by atoms with E-state index in [2.05, 4.69) is 35.3 Å². The van der Waals surface area contributed by atoms with E-state index in [1.54, 1.807) is 0 Å². The van der Waals surface area contributed by atoms with Crippen LogP contribution in [0.4, 0.5) is 0 Å². The van der Waals surface area contributed by atoms with Crippen LogP contribution >= 0.6 is 0 Å². The molecule has 0 fully saturated rings. The highest BCUT2D eigenvalue weighted by atomic mass is 16.5. The molecule has 3 rings (SSSR count). The lowest BCUT2D eigenvalue weighted by atomic mass is 10.0. The quantitative estimate of drug-likeness (QED) is 0.791. The summed E-state index contributed by atoms with van der Waals surface area (Å²) in [7, 11) is 0. The van der Waals surface area contributed by atoms with Gasteiger partial charge in [-0.3, -0.25) is 0 Å². The van der Waals surface area contributed by atoms with Gasteiger partial charge in [-0.25, -0.2) is 0 Å². The van der Waals surface area contributed by atoms with E-state index in [0.29, 0.717) is 11.7 Å². The van der Waals surface area contributed by atoms with Crippen LogP contribution in [0.25, 0.3) is 22.2 Å². The van der Waals surface area contributed by atoms with Crippen LogP contribution in [-0.4, -0.2) is 16.2 Å². The Kier molecular flexibility index (Phi) is 3.71. The molecule has 0 aliphatic rings. The lowest BCUT2D eigenvalue weighted by Crippen LogP contribution is -2.25. The Morgan fingerprint density at radius 1 is 1.14 bits per heavy atom.